The van der Waals surface area contributed by atoms with Crippen LogP contribution in [0.15, 0.2) is 60.1 Å². The number of β-amino-alcohol motifs (C(OH)–C–C–N with tert-alkyl or cyclic N) is 1. The van der Waals surface area contributed by atoms with Crippen LogP contribution in [0.25, 0.3) is 10.4 Å². The van der Waals surface area contributed by atoms with Crippen molar-refractivity contribution in [1.29, 1.82) is 0 Å². The third kappa shape index (κ3) is 14.2. The van der Waals surface area contributed by atoms with Crippen LogP contribution in [0.3, 0.4) is 0 Å². The Bertz CT molecular complexity index is 2210. The molecule has 13 nitrogen and oxygen atoms in total. The van der Waals surface area contributed by atoms with E-state index in [9.17, 15) is 37.5 Å². The van der Waals surface area contributed by atoms with Crippen molar-refractivity contribution >= 4 is 68.9 Å². The minimum atomic E-state index is -1.33. The molecule has 0 aliphatic carbocycles. The summed E-state index contributed by atoms with van der Waals surface area (Å²) in [5.74, 6) is -5.09. The van der Waals surface area contributed by atoms with Crippen molar-refractivity contribution in [3.05, 3.63) is 98.0 Å². The van der Waals surface area contributed by atoms with Crippen molar-refractivity contribution in [1.82, 2.24) is 31.3 Å². The molecule has 340 valence electrons. The Hall–Kier alpha value is -4.63. The van der Waals surface area contributed by atoms with E-state index in [1.807, 2.05) is 74.6 Å². The highest BCUT2D eigenvalue weighted by molar-refractivity contribution is 14.1. The first-order valence-electron chi connectivity index (χ1n) is 20.9. The SMILES string of the molecule is Cc1ncsc1-c1ccc(CNC(=O)[C@@H]2C[C@@H](O)CN2C(=O)[C@@H](NC(=O)CCCCCCNCCCONC(=O)c2ccc(F)c(F)c2Nc2ccc(I)cc2F)C(C)(C)C)cc1. The van der Waals surface area contributed by atoms with Crippen molar-refractivity contribution in [2.24, 2.45) is 5.41 Å². The Balaban J connectivity index is 0.962. The number of hydroxylamine groups is 1. The maximum Gasteiger partial charge on any atom is 0.277 e. The smallest absolute Gasteiger partial charge is 0.277 e. The van der Waals surface area contributed by atoms with Gasteiger partial charge in [0.25, 0.3) is 5.91 Å². The van der Waals surface area contributed by atoms with Crippen LogP contribution in [-0.2, 0) is 25.8 Å². The first kappa shape index (κ1) is 49.4. The normalized spacial score (nSPS) is 15.5. The molecule has 1 aliphatic heterocycles. The molecule has 0 unspecified atom stereocenters. The number of anilines is 2. The monoisotopic (exact) mass is 1010 g/mol. The number of nitrogens with zero attached hydrogens (tertiary/aromatic N) is 2. The van der Waals surface area contributed by atoms with Gasteiger partial charge >= 0.3 is 0 Å². The zero-order valence-electron chi connectivity index (χ0n) is 35.8. The summed E-state index contributed by atoms with van der Waals surface area (Å²) in [6.45, 7) is 9.21. The van der Waals surface area contributed by atoms with Gasteiger partial charge in [0.1, 0.15) is 17.9 Å². The maximum absolute atomic E-state index is 14.7. The number of halogens is 4. The molecule has 3 atom stereocenters. The lowest BCUT2D eigenvalue weighted by atomic mass is 9.85. The molecule has 1 saturated heterocycles. The van der Waals surface area contributed by atoms with Gasteiger partial charge in [-0.2, -0.15) is 0 Å². The zero-order valence-corrected chi connectivity index (χ0v) is 38.8. The topological polar surface area (TPSA) is 174 Å². The van der Waals surface area contributed by atoms with E-state index in [-0.39, 0.29) is 55.6 Å². The quantitative estimate of drug-likeness (QED) is 0.0285. The molecule has 3 aromatic carbocycles. The molecule has 0 spiro atoms. The fourth-order valence-corrected chi connectivity index (χ4v) is 8.32. The molecule has 18 heteroatoms. The lowest BCUT2D eigenvalue weighted by molar-refractivity contribution is -0.144. The van der Waals surface area contributed by atoms with Crippen molar-refractivity contribution in [2.45, 2.75) is 97.4 Å². The minimum Gasteiger partial charge on any atom is -0.391 e. The lowest BCUT2D eigenvalue weighted by Gasteiger charge is -2.35. The summed E-state index contributed by atoms with van der Waals surface area (Å²) in [7, 11) is 0. The standard InChI is InChI=1S/C45H55F3IN7O6S/c1-27-40(63-26-52-27)29-13-11-28(12-14-29)24-51-43(60)36-23-31(57)25-56(36)44(61)41(45(2,3)4)54-37(58)10-7-5-6-8-19-50-20-9-21-62-55-42(59)32-16-17-33(46)38(48)39(32)53-35-18-15-30(49)22-34(35)47/h11-18,22,26,31,36,41,50,53,57H,5-10,19-21,23-25H2,1-4H3,(H,51,60)(H,54,58)(H,55,59)/t31-,36+,41-/m1/s1. The van der Waals surface area contributed by atoms with Crippen molar-refractivity contribution in [3.63, 3.8) is 0 Å². The number of aryl methyl sites for hydroxylation is 1. The predicted octanol–water partition coefficient (Wildman–Crippen LogP) is 7.28. The van der Waals surface area contributed by atoms with Gasteiger partial charge in [0.05, 0.1) is 45.7 Å². The summed E-state index contributed by atoms with van der Waals surface area (Å²) in [5.41, 5.74) is 5.36. The maximum atomic E-state index is 14.7. The van der Waals surface area contributed by atoms with E-state index >= 15 is 0 Å². The van der Waals surface area contributed by atoms with Crippen LogP contribution in [0.4, 0.5) is 24.5 Å². The average molecular weight is 1010 g/mol. The molecule has 0 bridgehead atoms. The number of likely N-dealkylation sites (tertiary alicyclic amines) is 1. The number of carbonyl (C=O) groups excluding carboxylic acids is 4. The molecule has 1 aliphatic rings. The summed E-state index contributed by atoms with van der Waals surface area (Å²) in [5, 5.41) is 22.1. The Morgan fingerprint density at radius 2 is 1.70 bits per heavy atom. The highest BCUT2D eigenvalue weighted by Gasteiger charge is 2.44. The molecular weight excluding hydrogens is 951 g/mol. The largest absolute Gasteiger partial charge is 0.391 e. The second-order valence-electron chi connectivity index (χ2n) is 16.5. The van der Waals surface area contributed by atoms with Gasteiger partial charge in [-0.05, 0) is 109 Å². The number of aromatic nitrogens is 1. The van der Waals surface area contributed by atoms with Crippen LogP contribution in [-0.4, -0.2) is 83.0 Å². The van der Waals surface area contributed by atoms with Gasteiger partial charge in [-0.3, -0.25) is 24.0 Å². The predicted molar refractivity (Wildman–Crippen MR) is 244 cm³/mol. The number of nitrogens with one attached hydrogen (secondary N) is 5. The molecule has 5 rings (SSSR count). The summed E-state index contributed by atoms with van der Waals surface area (Å²) in [6, 6.07) is 12.1. The third-order valence-electron chi connectivity index (χ3n) is 10.5. The van der Waals surface area contributed by atoms with E-state index in [0.717, 1.165) is 53.1 Å². The molecular formula is C45H55F3IN7O6S. The van der Waals surface area contributed by atoms with Gasteiger partial charge in [0.2, 0.25) is 17.7 Å². The molecule has 6 N–H and O–H groups in total. The Morgan fingerprint density at radius 3 is 2.40 bits per heavy atom. The number of hydrogen-bond donors (Lipinski definition) is 6. The third-order valence-corrected chi connectivity index (χ3v) is 12.2. The summed E-state index contributed by atoms with van der Waals surface area (Å²) in [4.78, 5) is 65.2. The second kappa shape index (κ2) is 23.3. The van der Waals surface area contributed by atoms with E-state index in [4.69, 9.17) is 4.84 Å². The number of carbonyl (C=O) groups is 4. The number of benzene rings is 3. The minimum absolute atomic E-state index is 0.00227. The fraction of sp³-hybridized carbons (Fsp3) is 0.444. The number of aliphatic hydroxyl groups is 1. The number of hydrogen-bond acceptors (Lipinski definition) is 10. The Kier molecular flexibility index (Phi) is 18.3. The van der Waals surface area contributed by atoms with Gasteiger partial charge in [-0.25, -0.2) is 23.6 Å². The Labute approximate surface area is 383 Å². The molecule has 1 fully saturated rings. The highest BCUT2D eigenvalue weighted by Crippen LogP contribution is 2.30. The second-order valence-corrected chi connectivity index (χ2v) is 18.6. The number of thiazole rings is 1. The molecule has 1 aromatic heterocycles. The van der Waals surface area contributed by atoms with E-state index < -0.39 is 58.6 Å². The van der Waals surface area contributed by atoms with Gasteiger partial charge < -0.3 is 31.3 Å². The molecule has 0 saturated carbocycles. The molecule has 0 radical (unpaired) electrons. The summed E-state index contributed by atoms with van der Waals surface area (Å²) < 4.78 is 43.7. The van der Waals surface area contributed by atoms with E-state index in [2.05, 4.69) is 31.7 Å². The van der Waals surface area contributed by atoms with Crippen LogP contribution in [0, 0.1) is 33.4 Å². The van der Waals surface area contributed by atoms with Crippen LogP contribution >= 0.6 is 33.9 Å². The van der Waals surface area contributed by atoms with E-state index in [1.165, 1.54) is 17.0 Å². The molecule has 4 amide bonds. The number of aliphatic hydroxyl groups excluding tert-OH is 1. The lowest BCUT2D eigenvalue weighted by Crippen LogP contribution is -2.57. The van der Waals surface area contributed by atoms with Crippen molar-refractivity contribution in [3.8, 4) is 10.4 Å². The molecule has 2 heterocycles. The first-order valence-corrected chi connectivity index (χ1v) is 22.9. The van der Waals surface area contributed by atoms with Crippen LogP contribution < -0.4 is 26.7 Å². The van der Waals surface area contributed by atoms with Crippen molar-refractivity contribution < 1.29 is 42.3 Å². The number of amides is 4. The van der Waals surface area contributed by atoms with Crippen LogP contribution in [0.5, 0.6) is 0 Å². The van der Waals surface area contributed by atoms with Crippen molar-refractivity contribution in [2.75, 3.05) is 31.6 Å². The fourth-order valence-electron chi connectivity index (χ4n) is 7.06. The summed E-state index contributed by atoms with van der Waals surface area (Å²) in [6.07, 6.45) is 3.15. The Morgan fingerprint density at radius 1 is 0.968 bits per heavy atom. The average Bonchev–Trinajstić information content (AvgIpc) is 3.86. The van der Waals surface area contributed by atoms with Crippen LogP contribution in [0.1, 0.15) is 87.3 Å². The number of rotatable bonds is 21. The van der Waals surface area contributed by atoms with E-state index in [1.54, 1.807) is 22.9 Å². The van der Waals surface area contributed by atoms with Gasteiger partial charge in [-0.15, -0.1) is 11.3 Å². The molecule has 4 aromatic rings. The van der Waals surface area contributed by atoms with Gasteiger partial charge in [0, 0.05) is 29.5 Å². The number of unbranched alkanes of at least 4 members (excludes halogenated alkanes) is 3. The summed E-state index contributed by atoms with van der Waals surface area (Å²) >= 11 is 3.48. The zero-order chi connectivity index (χ0) is 45.7. The molecule has 63 heavy (non-hydrogen) atoms. The van der Waals surface area contributed by atoms with Gasteiger partial charge in [-0.1, -0.05) is 57.9 Å². The van der Waals surface area contributed by atoms with E-state index in [0.29, 0.717) is 29.5 Å². The highest BCUT2D eigenvalue weighted by atomic mass is 127. The van der Waals surface area contributed by atoms with Crippen LogP contribution in [0.2, 0.25) is 0 Å². The first-order chi connectivity index (χ1) is 30.0. The van der Waals surface area contributed by atoms with Gasteiger partial charge in [0.15, 0.2) is 11.6 Å².